The lowest BCUT2D eigenvalue weighted by Gasteiger charge is -2.37. The number of nitrogen functional groups attached to an aromatic ring is 1. The summed E-state index contributed by atoms with van der Waals surface area (Å²) in [7, 11) is 0. The first kappa shape index (κ1) is 13.7. The number of carbonyl (C=O) groups excluding carboxylic acids is 1. The van der Waals surface area contributed by atoms with Crippen LogP contribution in [0.3, 0.4) is 0 Å². The monoisotopic (exact) mass is 258 g/mol. The van der Waals surface area contributed by atoms with Gasteiger partial charge in [0.15, 0.2) is 0 Å². The fourth-order valence-corrected chi connectivity index (χ4v) is 2.55. The summed E-state index contributed by atoms with van der Waals surface area (Å²) in [4.78, 5) is 14.1. The van der Waals surface area contributed by atoms with E-state index < -0.39 is 0 Å². The van der Waals surface area contributed by atoms with Gasteiger partial charge in [0.1, 0.15) is 0 Å². The van der Waals surface area contributed by atoms with Crippen LogP contribution in [-0.4, -0.2) is 23.9 Å². The summed E-state index contributed by atoms with van der Waals surface area (Å²) in [6, 6.07) is 7.54. The summed E-state index contributed by atoms with van der Waals surface area (Å²) in [5.74, 6) is 0.0928. The first-order valence-corrected chi connectivity index (χ1v) is 6.79. The molecule has 1 heterocycles. The molecule has 0 radical (unpaired) electrons. The maximum absolute atomic E-state index is 12.2. The lowest BCUT2D eigenvalue weighted by molar-refractivity contribution is -0.128. The highest BCUT2D eigenvalue weighted by atomic mass is 16.2. The molecule has 0 atom stereocenters. The second kappa shape index (κ2) is 5.47. The van der Waals surface area contributed by atoms with Crippen molar-refractivity contribution >= 4 is 17.7 Å². The van der Waals surface area contributed by atoms with Gasteiger partial charge in [-0.1, -0.05) is 26.0 Å². The predicted octanol–water partition coefficient (Wildman–Crippen LogP) is 2.93. The molecule has 1 aliphatic rings. The maximum Gasteiger partial charge on any atom is 0.246 e. The zero-order valence-corrected chi connectivity index (χ0v) is 11.7. The number of anilines is 1. The smallest absolute Gasteiger partial charge is 0.246 e. The molecule has 0 aliphatic carbocycles. The molecule has 102 valence electrons. The summed E-state index contributed by atoms with van der Waals surface area (Å²) < 4.78 is 0. The Bertz CT molecular complexity index is 491. The van der Waals surface area contributed by atoms with Gasteiger partial charge in [0.2, 0.25) is 5.91 Å². The van der Waals surface area contributed by atoms with Gasteiger partial charge < -0.3 is 10.6 Å². The third kappa shape index (κ3) is 3.85. The minimum absolute atomic E-state index is 0.0928. The van der Waals surface area contributed by atoms with Gasteiger partial charge >= 0.3 is 0 Å². The topological polar surface area (TPSA) is 46.3 Å². The molecule has 1 amide bonds. The van der Waals surface area contributed by atoms with Gasteiger partial charge in [-0.2, -0.15) is 0 Å². The van der Waals surface area contributed by atoms with E-state index in [1.807, 2.05) is 35.2 Å². The molecule has 1 aliphatic heterocycles. The molecule has 0 saturated carbocycles. The largest absolute Gasteiger partial charge is 0.399 e. The van der Waals surface area contributed by atoms with Gasteiger partial charge in [-0.25, -0.2) is 0 Å². The molecule has 0 aromatic heterocycles. The van der Waals surface area contributed by atoms with Crippen LogP contribution >= 0.6 is 0 Å². The van der Waals surface area contributed by atoms with Gasteiger partial charge in [-0.15, -0.1) is 0 Å². The van der Waals surface area contributed by atoms with E-state index in [1.54, 1.807) is 6.08 Å². The molecule has 1 aromatic rings. The minimum atomic E-state index is 0.0928. The van der Waals surface area contributed by atoms with Crippen LogP contribution in [0.4, 0.5) is 5.69 Å². The molecule has 19 heavy (non-hydrogen) atoms. The number of piperidine rings is 1. The molecule has 3 heteroatoms. The van der Waals surface area contributed by atoms with Crippen LogP contribution < -0.4 is 5.73 Å². The van der Waals surface area contributed by atoms with E-state index in [9.17, 15) is 4.79 Å². The van der Waals surface area contributed by atoms with Gasteiger partial charge in [0, 0.05) is 24.9 Å². The fourth-order valence-electron chi connectivity index (χ4n) is 2.55. The SMILES string of the molecule is CC1(C)CCCN(C(=O)/C=C/c2cccc(N)c2)C1. The number of benzene rings is 1. The highest BCUT2D eigenvalue weighted by Crippen LogP contribution is 2.28. The second-order valence-electron chi connectivity index (χ2n) is 6.03. The standard InChI is InChI=1S/C16H22N2O/c1-16(2)9-4-10-18(12-16)15(19)8-7-13-5-3-6-14(17)11-13/h3,5-8,11H,4,9-10,12,17H2,1-2H3/b8-7+. The summed E-state index contributed by atoms with van der Waals surface area (Å²) in [6.07, 6.45) is 5.76. The molecule has 2 N–H and O–H groups in total. The zero-order chi connectivity index (χ0) is 13.9. The molecule has 1 saturated heterocycles. The van der Waals surface area contributed by atoms with E-state index in [0.717, 1.165) is 25.1 Å². The van der Waals surface area contributed by atoms with E-state index in [2.05, 4.69) is 13.8 Å². The van der Waals surface area contributed by atoms with E-state index >= 15 is 0 Å². The number of nitrogens with zero attached hydrogens (tertiary/aromatic N) is 1. The van der Waals surface area contributed by atoms with Crippen LogP contribution in [0.25, 0.3) is 6.08 Å². The van der Waals surface area contributed by atoms with Gasteiger partial charge in [-0.05, 0) is 42.0 Å². The van der Waals surface area contributed by atoms with Crippen molar-refractivity contribution in [2.24, 2.45) is 5.41 Å². The summed E-state index contributed by atoms with van der Waals surface area (Å²) in [6.45, 7) is 6.14. The van der Waals surface area contributed by atoms with Gasteiger partial charge in [0.05, 0.1) is 0 Å². The van der Waals surface area contributed by atoms with Crippen molar-refractivity contribution in [1.82, 2.24) is 4.90 Å². The van der Waals surface area contributed by atoms with Gasteiger partial charge in [0.25, 0.3) is 0 Å². The van der Waals surface area contributed by atoms with Crippen LogP contribution in [0.5, 0.6) is 0 Å². The Labute approximate surface area is 115 Å². The summed E-state index contributed by atoms with van der Waals surface area (Å²) in [5, 5.41) is 0. The van der Waals surface area contributed by atoms with Gasteiger partial charge in [-0.3, -0.25) is 4.79 Å². The quantitative estimate of drug-likeness (QED) is 0.655. The molecular formula is C16H22N2O. The number of nitrogens with two attached hydrogens (primary N) is 1. The van der Waals surface area contributed by atoms with Crippen molar-refractivity contribution in [3.63, 3.8) is 0 Å². The molecule has 1 aromatic carbocycles. The Balaban J connectivity index is 2.01. The molecule has 3 nitrogen and oxygen atoms in total. The molecule has 0 unspecified atom stereocenters. The van der Waals surface area contributed by atoms with Crippen molar-refractivity contribution in [1.29, 1.82) is 0 Å². The number of amides is 1. The van der Waals surface area contributed by atoms with Crippen molar-refractivity contribution in [2.45, 2.75) is 26.7 Å². The number of rotatable bonds is 2. The van der Waals surface area contributed by atoms with E-state index in [4.69, 9.17) is 5.73 Å². The van der Waals surface area contributed by atoms with E-state index in [-0.39, 0.29) is 11.3 Å². The zero-order valence-electron chi connectivity index (χ0n) is 11.7. The lowest BCUT2D eigenvalue weighted by atomic mass is 9.84. The van der Waals surface area contributed by atoms with Crippen LogP contribution in [0.2, 0.25) is 0 Å². The van der Waals surface area contributed by atoms with Crippen LogP contribution in [0.15, 0.2) is 30.3 Å². The molecule has 0 bridgehead atoms. The van der Waals surface area contributed by atoms with E-state index in [1.165, 1.54) is 6.42 Å². The molecule has 2 rings (SSSR count). The minimum Gasteiger partial charge on any atom is -0.399 e. The Morgan fingerprint density at radius 1 is 1.42 bits per heavy atom. The Kier molecular flexibility index (Phi) is 3.93. The predicted molar refractivity (Wildman–Crippen MR) is 79.5 cm³/mol. The first-order chi connectivity index (χ1) is 8.96. The number of hydrogen-bond acceptors (Lipinski definition) is 2. The van der Waals surface area contributed by atoms with Crippen LogP contribution in [0, 0.1) is 5.41 Å². The van der Waals surface area contributed by atoms with Crippen molar-refractivity contribution < 1.29 is 4.79 Å². The van der Waals surface area contributed by atoms with E-state index in [0.29, 0.717) is 5.69 Å². The highest BCUT2D eigenvalue weighted by Gasteiger charge is 2.27. The lowest BCUT2D eigenvalue weighted by Crippen LogP contribution is -2.42. The van der Waals surface area contributed by atoms with Crippen LogP contribution in [-0.2, 0) is 4.79 Å². The van der Waals surface area contributed by atoms with Crippen molar-refractivity contribution in [3.8, 4) is 0 Å². The number of hydrogen-bond donors (Lipinski definition) is 1. The fraction of sp³-hybridized carbons (Fsp3) is 0.438. The number of likely N-dealkylation sites (tertiary alicyclic amines) is 1. The maximum atomic E-state index is 12.2. The summed E-state index contributed by atoms with van der Waals surface area (Å²) in [5.41, 5.74) is 7.63. The third-order valence-corrected chi connectivity index (χ3v) is 3.54. The summed E-state index contributed by atoms with van der Waals surface area (Å²) >= 11 is 0. The molecule has 1 fully saturated rings. The Morgan fingerprint density at radius 2 is 2.21 bits per heavy atom. The van der Waals surface area contributed by atoms with Crippen molar-refractivity contribution in [3.05, 3.63) is 35.9 Å². The van der Waals surface area contributed by atoms with Crippen LogP contribution in [0.1, 0.15) is 32.3 Å². The average molecular weight is 258 g/mol. The van der Waals surface area contributed by atoms with Crippen molar-refractivity contribution in [2.75, 3.05) is 18.8 Å². The number of carbonyl (C=O) groups is 1. The normalized spacial score (nSPS) is 18.7. The third-order valence-electron chi connectivity index (χ3n) is 3.54. The Morgan fingerprint density at radius 3 is 2.89 bits per heavy atom. The molecular weight excluding hydrogens is 236 g/mol. The first-order valence-electron chi connectivity index (χ1n) is 6.79. The Hall–Kier alpha value is -1.77. The highest BCUT2D eigenvalue weighted by molar-refractivity contribution is 5.92. The molecule has 0 spiro atoms. The average Bonchev–Trinajstić information content (AvgIpc) is 2.35. The second-order valence-corrected chi connectivity index (χ2v) is 6.03.